The molecular weight excluding hydrogens is 412 g/mol. The molecule has 3 aromatic carbocycles. The molecule has 1 aliphatic heterocycles. The number of benzene rings is 3. The van der Waals surface area contributed by atoms with Gasteiger partial charge in [-0.25, -0.2) is 9.79 Å². The van der Waals surface area contributed by atoms with E-state index >= 15 is 0 Å². The van der Waals surface area contributed by atoms with Crippen LogP contribution in [0.3, 0.4) is 0 Å². The first kappa shape index (κ1) is 20.8. The highest BCUT2D eigenvalue weighted by atomic mass is 16.6. The minimum Gasteiger partial charge on any atom is -0.492 e. The second-order valence-electron chi connectivity index (χ2n) is 8.03. The Hall–Kier alpha value is -4.12. The molecule has 0 N–H and O–H groups in total. The average molecular weight is 437 g/mol. The molecule has 33 heavy (non-hydrogen) atoms. The quantitative estimate of drug-likeness (QED) is 0.289. The fraction of sp³-hybridized carbons (Fsp3) is 0.143. The molecule has 2 heterocycles. The first-order chi connectivity index (χ1) is 16.1. The number of aromatic nitrogens is 1. The van der Waals surface area contributed by atoms with E-state index in [4.69, 9.17) is 9.47 Å². The van der Waals surface area contributed by atoms with Gasteiger partial charge in [-0.15, -0.1) is 0 Å². The van der Waals surface area contributed by atoms with Gasteiger partial charge in [0, 0.05) is 27.7 Å². The number of fused-ring (bicyclic) bond motifs is 1. The Balaban J connectivity index is 1.46. The molecule has 0 saturated carbocycles. The average Bonchev–Trinajstić information content (AvgIpc) is 3.33. The van der Waals surface area contributed by atoms with Crippen LogP contribution in [-0.4, -0.2) is 23.0 Å². The van der Waals surface area contributed by atoms with E-state index in [-0.39, 0.29) is 0 Å². The summed E-state index contributed by atoms with van der Waals surface area (Å²) in [6.07, 6.45) is 1.83. The molecule has 0 aliphatic carbocycles. The molecular formula is C28H24N2O3. The summed E-state index contributed by atoms with van der Waals surface area (Å²) in [7, 11) is 0. The molecule has 5 heteroatoms. The number of aliphatic imine (C=N–C) groups is 1. The van der Waals surface area contributed by atoms with Crippen molar-refractivity contribution in [3.63, 3.8) is 0 Å². The predicted octanol–water partition coefficient (Wildman–Crippen LogP) is 5.68. The lowest BCUT2D eigenvalue weighted by molar-refractivity contribution is -0.129. The maximum absolute atomic E-state index is 12.5. The van der Waals surface area contributed by atoms with Gasteiger partial charge in [0.05, 0.1) is 6.54 Å². The van der Waals surface area contributed by atoms with Crippen LogP contribution >= 0.6 is 0 Å². The summed E-state index contributed by atoms with van der Waals surface area (Å²) in [5.41, 5.74) is 5.35. The molecule has 4 aromatic rings. The molecule has 1 aliphatic rings. The van der Waals surface area contributed by atoms with Gasteiger partial charge in [0.2, 0.25) is 5.90 Å². The van der Waals surface area contributed by atoms with Crippen molar-refractivity contribution >= 4 is 28.8 Å². The third kappa shape index (κ3) is 4.17. The van der Waals surface area contributed by atoms with Crippen LogP contribution in [0.25, 0.3) is 17.0 Å². The van der Waals surface area contributed by atoms with Crippen molar-refractivity contribution in [2.75, 3.05) is 6.61 Å². The van der Waals surface area contributed by atoms with Crippen molar-refractivity contribution in [3.05, 3.63) is 107 Å². The van der Waals surface area contributed by atoms with Crippen molar-refractivity contribution < 1.29 is 14.3 Å². The molecule has 0 bridgehead atoms. The highest BCUT2D eigenvalue weighted by Gasteiger charge is 2.25. The van der Waals surface area contributed by atoms with E-state index in [1.807, 2.05) is 66.7 Å². The van der Waals surface area contributed by atoms with Gasteiger partial charge in [-0.3, -0.25) is 0 Å². The molecule has 164 valence electrons. The highest BCUT2D eigenvalue weighted by molar-refractivity contribution is 6.13. The highest BCUT2D eigenvalue weighted by Crippen LogP contribution is 2.29. The van der Waals surface area contributed by atoms with Gasteiger partial charge in [-0.05, 0) is 55.8 Å². The van der Waals surface area contributed by atoms with Gasteiger partial charge in [0.25, 0.3) is 0 Å². The minimum atomic E-state index is -0.437. The van der Waals surface area contributed by atoms with E-state index in [0.717, 1.165) is 33.5 Å². The summed E-state index contributed by atoms with van der Waals surface area (Å²) in [5, 5.41) is 1.06. The normalized spacial score (nSPS) is 14.5. The molecule has 0 saturated heterocycles. The van der Waals surface area contributed by atoms with Crippen LogP contribution < -0.4 is 4.74 Å². The van der Waals surface area contributed by atoms with Crippen LogP contribution in [0.15, 0.2) is 89.6 Å². The van der Waals surface area contributed by atoms with Gasteiger partial charge in [-0.2, -0.15) is 0 Å². The molecule has 0 atom stereocenters. The van der Waals surface area contributed by atoms with E-state index in [1.54, 1.807) is 0 Å². The second kappa shape index (κ2) is 8.79. The fourth-order valence-electron chi connectivity index (χ4n) is 4.14. The van der Waals surface area contributed by atoms with Crippen LogP contribution in [0.4, 0.5) is 0 Å². The SMILES string of the molecule is Cc1cccc(OCCn2c(C)c(/C=C3\N=C(c4ccccc4)OC3=O)c3ccccc32)c1. The molecule has 0 radical (unpaired) electrons. The lowest BCUT2D eigenvalue weighted by atomic mass is 10.1. The van der Waals surface area contributed by atoms with Crippen molar-refractivity contribution in [2.24, 2.45) is 4.99 Å². The molecule has 1 aromatic heterocycles. The number of hydrogen-bond acceptors (Lipinski definition) is 4. The summed E-state index contributed by atoms with van der Waals surface area (Å²) in [6.45, 7) is 5.33. The minimum absolute atomic E-state index is 0.302. The van der Waals surface area contributed by atoms with Crippen LogP contribution in [0.2, 0.25) is 0 Å². The van der Waals surface area contributed by atoms with E-state index in [1.165, 1.54) is 5.56 Å². The number of esters is 1. The number of carbonyl (C=O) groups excluding carboxylic acids is 1. The summed E-state index contributed by atoms with van der Waals surface area (Å²) in [6, 6.07) is 25.7. The lowest BCUT2D eigenvalue weighted by Gasteiger charge is -2.11. The summed E-state index contributed by atoms with van der Waals surface area (Å²) in [4.78, 5) is 17.0. The number of carbonyl (C=O) groups is 1. The van der Waals surface area contributed by atoms with Crippen molar-refractivity contribution in [3.8, 4) is 5.75 Å². The number of rotatable bonds is 6. The molecule has 0 fully saturated rings. The summed E-state index contributed by atoms with van der Waals surface area (Å²) >= 11 is 0. The first-order valence-electron chi connectivity index (χ1n) is 11.0. The molecule has 5 rings (SSSR count). The van der Waals surface area contributed by atoms with Crippen molar-refractivity contribution in [1.82, 2.24) is 4.57 Å². The van der Waals surface area contributed by atoms with Gasteiger partial charge in [0.15, 0.2) is 5.70 Å². The maximum Gasteiger partial charge on any atom is 0.363 e. The molecule has 5 nitrogen and oxygen atoms in total. The molecule has 0 spiro atoms. The van der Waals surface area contributed by atoms with E-state index in [9.17, 15) is 4.79 Å². The Morgan fingerprint density at radius 2 is 1.76 bits per heavy atom. The first-order valence-corrected chi connectivity index (χ1v) is 11.0. The predicted molar refractivity (Wildman–Crippen MR) is 130 cm³/mol. The Morgan fingerprint density at radius 3 is 2.58 bits per heavy atom. The zero-order chi connectivity index (χ0) is 22.8. The van der Waals surface area contributed by atoms with E-state index < -0.39 is 5.97 Å². The van der Waals surface area contributed by atoms with E-state index in [2.05, 4.69) is 41.6 Å². The standard InChI is InChI=1S/C28H24N2O3/c1-19-9-8-12-22(17-19)32-16-15-30-20(2)24(23-13-6-7-14-26(23)30)18-25-28(31)33-27(29-25)21-10-4-3-5-11-21/h3-14,17-18H,15-16H2,1-2H3/b25-18-. The monoisotopic (exact) mass is 436 g/mol. The van der Waals surface area contributed by atoms with Crippen molar-refractivity contribution in [2.45, 2.75) is 20.4 Å². The van der Waals surface area contributed by atoms with E-state index in [0.29, 0.717) is 24.7 Å². The lowest BCUT2D eigenvalue weighted by Crippen LogP contribution is -2.09. The third-order valence-electron chi connectivity index (χ3n) is 5.78. The third-order valence-corrected chi connectivity index (χ3v) is 5.78. The van der Waals surface area contributed by atoms with Crippen molar-refractivity contribution in [1.29, 1.82) is 0 Å². The smallest absolute Gasteiger partial charge is 0.363 e. The largest absolute Gasteiger partial charge is 0.492 e. The molecule has 0 unspecified atom stereocenters. The number of nitrogens with zero attached hydrogens (tertiary/aromatic N) is 2. The zero-order valence-corrected chi connectivity index (χ0v) is 18.6. The van der Waals surface area contributed by atoms with Crippen LogP contribution in [0.5, 0.6) is 5.75 Å². The fourth-order valence-corrected chi connectivity index (χ4v) is 4.14. The number of cyclic esters (lactones) is 1. The number of para-hydroxylation sites is 1. The Bertz CT molecular complexity index is 1400. The number of aryl methyl sites for hydroxylation is 1. The second-order valence-corrected chi connectivity index (χ2v) is 8.03. The number of ether oxygens (including phenoxy) is 2. The maximum atomic E-state index is 12.5. The summed E-state index contributed by atoms with van der Waals surface area (Å²) < 4.78 is 13.6. The Morgan fingerprint density at radius 1 is 0.970 bits per heavy atom. The number of hydrogen-bond donors (Lipinski definition) is 0. The van der Waals surface area contributed by atoms with Crippen LogP contribution in [-0.2, 0) is 16.1 Å². The Kier molecular flexibility index (Phi) is 5.53. The van der Waals surface area contributed by atoms with Gasteiger partial charge in [0.1, 0.15) is 12.4 Å². The van der Waals surface area contributed by atoms with Gasteiger partial charge in [-0.1, -0.05) is 48.5 Å². The summed E-state index contributed by atoms with van der Waals surface area (Å²) in [5.74, 6) is 0.760. The molecule has 0 amide bonds. The van der Waals surface area contributed by atoms with Gasteiger partial charge >= 0.3 is 5.97 Å². The van der Waals surface area contributed by atoms with Gasteiger partial charge < -0.3 is 14.0 Å². The van der Waals surface area contributed by atoms with Crippen LogP contribution in [0.1, 0.15) is 22.4 Å². The topological polar surface area (TPSA) is 52.8 Å². The van der Waals surface area contributed by atoms with Crippen LogP contribution in [0, 0.1) is 13.8 Å². The zero-order valence-electron chi connectivity index (χ0n) is 18.6. The Labute approximate surface area is 192 Å².